The fourth-order valence-electron chi connectivity index (χ4n) is 0.995. The quantitative estimate of drug-likeness (QED) is 0.561. The Morgan fingerprint density at radius 3 is 1.35 bits per heavy atom. The maximum atomic E-state index is 12.2. The van der Waals surface area contributed by atoms with Gasteiger partial charge in [0.15, 0.2) is 0 Å². The highest BCUT2D eigenvalue weighted by Gasteiger charge is 2.34. The first kappa shape index (κ1) is 17.3. The van der Waals surface area contributed by atoms with E-state index >= 15 is 0 Å². The molecule has 0 N–H and O–H groups in total. The van der Waals surface area contributed by atoms with Crippen LogP contribution in [0, 0.1) is 0 Å². The normalized spacial score (nSPS) is 18.6. The van der Waals surface area contributed by atoms with Gasteiger partial charge in [-0.05, 0) is 12.8 Å². The fourth-order valence-corrected chi connectivity index (χ4v) is 5.10. The van der Waals surface area contributed by atoms with E-state index in [4.69, 9.17) is 13.4 Å². The van der Waals surface area contributed by atoms with Crippen LogP contribution in [0.3, 0.4) is 0 Å². The zero-order chi connectivity index (χ0) is 13.4. The lowest BCUT2D eigenvalue weighted by Gasteiger charge is -2.22. The van der Waals surface area contributed by atoms with Crippen molar-refractivity contribution in [3.63, 3.8) is 0 Å². The molecule has 0 rings (SSSR count). The second-order valence-corrected chi connectivity index (χ2v) is 8.48. The highest BCUT2D eigenvalue weighted by atomic mass is 31.3. The fraction of sp³-hybridized carbons (Fsp3) is 1.00. The van der Waals surface area contributed by atoms with Crippen LogP contribution in [0.4, 0.5) is 0 Å². The molecule has 104 valence electrons. The van der Waals surface area contributed by atoms with E-state index in [1.807, 2.05) is 13.8 Å². The van der Waals surface area contributed by atoms with Gasteiger partial charge in [0.1, 0.15) is 0 Å². The Hall–Kier alpha value is 0.340. The maximum Gasteiger partial charge on any atom is 0.337 e. The Balaban J connectivity index is 4.59. The molecule has 0 radical (unpaired) electrons. The summed E-state index contributed by atoms with van der Waals surface area (Å²) in [5.41, 5.74) is 0. The van der Waals surface area contributed by atoms with Gasteiger partial charge in [-0.15, -0.1) is 0 Å². The van der Waals surface area contributed by atoms with E-state index in [0.717, 1.165) is 12.8 Å². The molecule has 2 atom stereocenters. The Bertz CT molecular complexity index is 264. The van der Waals surface area contributed by atoms with Gasteiger partial charge >= 0.3 is 15.2 Å². The van der Waals surface area contributed by atoms with Crippen molar-refractivity contribution in [3.05, 3.63) is 0 Å². The van der Waals surface area contributed by atoms with Crippen molar-refractivity contribution in [1.29, 1.82) is 0 Å². The lowest BCUT2D eigenvalue weighted by Crippen LogP contribution is -2.02. The summed E-state index contributed by atoms with van der Waals surface area (Å²) in [6.45, 7) is 7.87. The Kier molecular flexibility index (Phi) is 8.61. The van der Waals surface area contributed by atoms with Gasteiger partial charge in [0.25, 0.3) is 0 Å². The van der Waals surface area contributed by atoms with E-state index in [-0.39, 0.29) is 12.3 Å². The van der Waals surface area contributed by atoms with Gasteiger partial charge in [-0.3, -0.25) is 9.13 Å². The molecule has 0 aliphatic rings. The molecule has 2 unspecified atom stereocenters. The minimum absolute atomic E-state index is 0.201. The first-order chi connectivity index (χ1) is 7.95. The van der Waals surface area contributed by atoms with E-state index in [9.17, 15) is 9.13 Å². The molecule has 0 aromatic rings. The Morgan fingerprint density at radius 1 is 0.765 bits per heavy atom. The molecule has 5 nitrogen and oxygen atoms in total. The third-order valence-electron chi connectivity index (χ3n) is 2.01. The van der Waals surface area contributed by atoms with Crippen LogP contribution in [-0.4, -0.2) is 25.5 Å². The maximum absolute atomic E-state index is 12.2. The van der Waals surface area contributed by atoms with Crippen molar-refractivity contribution in [1.82, 2.24) is 0 Å². The SMILES string of the molecule is CCCOP(=O)(CC)OP(=O)(CC)OCCC. The predicted octanol–water partition coefficient (Wildman–Crippen LogP) is 4.28. The van der Waals surface area contributed by atoms with Crippen molar-refractivity contribution in [3.8, 4) is 0 Å². The third-order valence-corrected chi connectivity index (χ3v) is 6.70. The van der Waals surface area contributed by atoms with Crippen LogP contribution in [0.1, 0.15) is 40.5 Å². The van der Waals surface area contributed by atoms with Crippen molar-refractivity contribution in [2.24, 2.45) is 0 Å². The second kappa shape index (κ2) is 8.44. The molecular weight excluding hydrogens is 262 g/mol. The van der Waals surface area contributed by atoms with E-state index in [1.165, 1.54) is 0 Å². The van der Waals surface area contributed by atoms with Gasteiger partial charge < -0.3 is 9.05 Å². The van der Waals surface area contributed by atoms with Gasteiger partial charge in [0, 0.05) is 12.3 Å². The highest BCUT2D eigenvalue weighted by Crippen LogP contribution is 2.64. The first-order valence-electron chi connectivity index (χ1n) is 6.13. The van der Waals surface area contributed by atoms with Crippen molar-refractivity contribution in [2.45, 2.75) is 40.5 Å². The molecule has 17 heavy (non-hydrogen) atoms. The van der Waals surface area contributed by atoms with Gasteiger partial charge in [-0.2, -0.15) is 0 Å². The van der Waals surface area contributed by atoms with Crippen molar-refractivity contribution >= 4 is 15.2 Å². The molecule has 0 saturated carbocycles. The Morgan fingerprint density at radius 2 is 1.12 bits per heavy atom. The highest BCUT2D eigenvalue weighted by molar-refractivity contribution is 7.67. The molecule has 0 heterocycles. The lowest BCUT2D eigenvalue weighted by molar-refractivity contribution is 0.227. The van der Waals surface area contributed by atoms with Gasteiger partial charge in [0.2, 0.25) is 0 Å². The topological polar surface area (TPSA) is 61.8 Å². The molecule has 0 saturated heterocycles. The molecule has 0 aromatic heterocycles. The molecule has 0 aromatic carbocycles. The summed E-state index contributed by atoms with van der Waals surface area (Å²) < 4.78 is 39.9. The molecule has 7 heteroatoms. The van der Waals surface area contributed by atoms with E-state index < -0.39 is 15.2 Å². The van der Waals surface area contributed by atoms with Crippen LogP contribution in [0.25, 0.3) is 0 Å². The largest absolute Gasteiger partial charge is 0.337 e. The molecule has 0 fully saturated rings. The molecule has 0 aliphatic carbocycles. The minimum atomic E-state index is -3.28. The van der Waals surface area contributed by atoms with Gasteiger partial charge in [0.05, 0.1) is 13.2 Å². The number of hydrogen-bond acceptors (Lipinski definition) is 5. The average molecular weight is 286 g/mol. The summed E-state index contributed by atoms with van der Waals surface area (Å²) in [6.07, 6.45) is 1.87. The van der Waals surface area contributed by atoms with E-state index in [1.54, 1.807) is 13.8 Å². The molecule has 0 aliphatic heterocycles. The summed E-state index contributed by atoms with van der Waals surface area (Å²) in [7, 11) is -6.57. The molecule has 0 amide bonds. The summed E-state index contributed by atoms with van der Waals surface area (Å²) >= 11 is 0. The van der Waals surface area contributed by atoms with Crippen LogP contribution in [-0.2, 0) is 22.5 Å². The molecule has 0 spiro atoms. The molecular formula is C10H24O5P2. The zero-order valence-electron chi connectivity index (χ0n) is 11.2. The summed E-state index contributed by atoms with van der Waals surface area (Å²) in [6, 6.07) is 0. The standard InChI is InChI=1S/C10H24O5P2/c1-5-9-13-16(11,7-3)15-17(12,8-4)14-10-6-2/h5-10H2,1-4H3. The van der Waals surface area contributed by atoms with Gasteiger partial charge in [-0.1, -0.05) is 27.7 Å². The lowest BCUT2D eigenvalue weighted by atomic mass is 10.5. The van der Waals surface area contributed by atoms with Crippen molar-refractivity contribution in [2.75, 3.05) is 25.5 Å². The van der Waals surface area contributed by atoms with Crippen LogP contribution < -0.4 is 0 Å². The summed E-state index contributed by atoms with van der Waals surface area (Å²) in [5.74, 6) is 0. The molecule has 0 bridgehead atoms. The average Bonchev–Trinajstić information content (AvgIpc) is 2.34. The Labute approximate surface area is 104 Å². The van der Waals surface area contributed by atoms with Crippen LogP contribution >= 0.6 is 15.2 Å². The van der Waals surface area contributed by atoms with Crippen molar-refractivity contribution < 1.29 is 22.5 Å². The predicted molar refractivity (Wildman–Crippen MR) is 69.9 cm³/mol. The van der Waals surface area contributed by atoms with Crippen LogP contribution in [0.2, 0.25) is 0 Å². The first-order valence-corrected chi connectivity index (χ1v) is 9.59. The van der Waals surface area contributed by atoms with Crippen LogP contribution in [0.15, 0.2) is 0 Å². The summed E-state index contributed by atoms with van der Waals surface area (Å²) in [4.78, 5) is 0. The number of hydrogen-bond donors (Lipinski definition) is 0. The minimum Gasteiger partial charge on any atom is -0.308 e. The van der Waals surface area contributed by atoms with E-state index in [0.29, 0.717) is 13.2 Å². The van der Waals surface area contributed by atoms with E-state index in [2.05, 4.69) is 0 Å². The zero-order valence-corrected chi connectivity index (χ0v) is 13.0. The second-order valence-electron chi connectivity index (χ2n) is 3.60. The van der Waals surface area contributed by atoms with Crippen LogP contribution in [0.5, 0.6) is 0 Å². The third kappa shape index (κ3) is 6.73. The smallest absolute Gasteiger partial charge is 0.308 e. The van der Waals surface area contributed by atoms with Gasteiger partial charge in [-0.25, -0.2) is 4.31 Å². The summed E-state index contributed by atoms with van der Waals surface area (Å²) in [5, 5.41) is 0. The number of rotatable bonds is 10. The monoisotopic (exact) mass is 286 g/mol.